The van der Waals surface area contributed by atoms with Crippen molar-refractivity contribution < 1.29 is 9.59 Å². The van der Waals surface area contributed by atoms with Crippen molar-refractivity contribution in [2.24, 2.45) is 5.73 Å². The number of allylic oxidation sites excluding steroid dienone is 1. The highest BCUT2D eigenvalue weighted by molar-refractivity contribution is 5.97. The molecule has 0 bridgehead atoms. The Bertz CT molecular complexity index is 234. The highest BCUT2D eigenvalue weighted by Gasteiger charge is 2.11. The van der Waals surface area contributed by atoms with Crippen molar-refractivity contribution in [2.45, 2.75) is 13.8 Å². The molecule has 0 unspecified atom stereocenters. The van der Waals surface area contributed by atoms with Gasteiger partial charge in [0.1, 0.15) is 6.29 Å². The maximum atomic E-state index is 11.5. The van der Waals surface area contributed by atoms with E-state index in [1.54, 1.807) is 20.9 Å². The Balaban J connectivity index is 4.51. The lowest BCUT2D eigenvalue weighted by Gasteiger charge is -2.16. The van der Waals surface area contributed by atoms with Gasteiger partial charge in [0.25, 0.3) is 0 Å². The molecule has 0 aliphatic heterocycles. The molecule has 2 N–H and O–H groups in total. The van der Waals surface area contributed by atoms with Crippen LogP contribution in [0.4, 0.5) is 0 Å². The molecule has 13 heavy (non-hydrogen) atoms. The summed E-state index contributed by atoms with van der Waals surface area (Å²) >= 11 is 0. The Morgan fingerprint density at radius 3 is 2.38 bits per heavy atom. The monoisotopic (exact) mass is 184 g/mol. The number of aldehydes is 1. The molecular formula is C9H16N2O2. The van der Waals surface area contributed by atoms with Crippen LogP contribution in [0.1, 0.15) is 13.8 Å². The third-order valence-electron chi connectivity index (χ3n) is 1.90. The lowest BCUT2D eigenvalue weighted by atomic mass is 10.1. The van der Waals surface area contributed by atoms with Crippen molar-refractivity contribution in [1.82, 2.24) is 4.90 Å². The summed E-state index contributed by atoms with van der Waals surface area (Å²) in [6.45, 7) is 4.19. The van der Waals surface area contributed by atoms with Gasteiger partial charge >= 0.3 is 0 Å². The molecule has 0 atom stereocenters. The van der Waals surface area contributed by atoms with Gasteiger partial charge in [-0.3, -0.25) is 9.59 Å². The molecule has 0 saturated carbocycles. The first-order chi connectivity index (χ1) is 6.04. The topological polar surface area (TPSA) is 63.4 Å². The third kappa shape index (κ3) is 3.38. The number of nitrogens with two attached hydrogens (primary N) is 1. The second-order valence-electron chi connectivity index (χ2n) is 2.94. The van der Waals surface area contributed by atoms with E-state index in [-0.39, 0.29) is 5.91 Å². The third-order valence-corrected chi connectivity index (χ3v) is 1.90. The highest BCUT2D eigenvalue weighted by Crippen LogP contribution is 2.03. The second kappa shape index (κ2) is 5.48. The molecule has 0 aliphatic rings. The van der Waals surface area contributed by atoms with Gasteiger partial charge < -0.3 is 10.6 Å². The number of likely N-dealkylation sites (N-methyl/N-ethyl adjacent to an activating group) is 1. The van der Waals surface area contributed by atoms with Crippen LogP contribution in [0.3, 0.4) is 0 Å². The van der Waals surface area contributed by atoms with E-state index >= 15 is 0 Å². The average molecular weight is 184 g/mol. The van der Waals surface area contributed by atoms with E-state index in [4.69, 9.17) is 5.73 Å². The number of nitrogens with zero attached hydrogens (tertiary/aromatic N) is 1. The van der Waals surface area contributed by atoms with Gasteiger partial charge in [-0.2, -0.15) is 0 Å². The predicted octanol–water partition coefficient (Wildman–Crippen LogP) is -0.0612. The van der Waals surface area contributed by atoms with E-state index in [2.05, 4.69) is 0 Å². The van der Waals surface area contributed by atoms with Crippen molar-refractivity contribution in [3.05, 3.63) is 11.1 Å². The van der Waals surface area contributed by atoms with Gasteiger partial charge in [-0.25, -0.2) is 0 Å². The predicted molar refractivity (Wildman–Crippen MR) is 51.1 cm³/mol. The molecule has 0 aromatic carbocycles. The smallest absolute Gasteiger partial charge is 0.249 e. The molecule has 0 radical (unpaired) electrons. The van der Waals surface area contributed by atoms with Crippen LogP contribution >= 0.6 is 0 Å². The van der Waals surface area contributed by atoms with E-state index in [9.17, 15) is 9.59 Å². The summed E-state index contributed by atoms with van der Waals surface area (Å²) in [6.07, 6.45) is 0.684. The van der Waals surface area contributed by atoms with Gasteiger partial charge in [-0.05, 0) is 19.4 Å². The largest absolute Gasteiger partial charge is 0.341 e. The Morgan fingerprint density at radius 1 is 1.46 bits per heavy atom. The molecule has 0 aromatic rings. The Kier molecular flexibility index (Phi) is 4.99. The minimum absolute atomic E-state index is 0.143. The fourth-order valence-electron chi connectivity index (χ4n) is 0.839. The van der Waals surface area contributed by atoms with Crippen LogP contribution in [0.5, 0.6) is 0 Å². The second-order valence-corrected chi connectivity index (χ2v) is 2.94. The molecular weight excluding hydrogens is 168 g/mol. The number of hydrogen-bond donors (Lipinski definition) is 1. The Labute approximate surface area is 78.4 Å². The molecule has 0 heterocycles. The lowest BCUT2D eigenvalue weighted by molar-refractivity contribution is -0.126. The molecule has 74 valence electrons. The van der Waals surface area contributed by atoms with Crippen molar-refractivity contribution in [3.8, 4) is 0 Å². The van der Waals surface area contributed by atoms with Crippen LogP contribution in [0.2, 0.25) is 0 Å². The van der Waals surface area contributed by atoms with Crippen molar-refractivity contribution in [2.75, 3.05) is 20.1 Å². The molecule has 0 saturated heterocycles. The number of amides is 1. The molecule has 0 spiro atoms. The maximum absolute atomic E-state index is 11.5. The van der Waals surface area contributed by atoms with Crippen LogP contribution in [0.15, 0.2) is 11.1 Å². The zero-order chi connectivity index (χ0) is 10.4. The van der Waals surface area contributed by atoms with Crippen LogP contribution in [-0.4, -0.2) is 37.2 Å². The van der Waals surface area contributed by atoms with Gasteiger partial charge in [0.15, 0.2) is 0 Å². The van der Waals surface area contributed by atoms with Crippen molar-refractivity contribution >= 4 is 12.2 Å². The summed E-state index contributed by atoms with van der Waals surface area (Å²) in [7, 11) is 1.66. The molecule has 1 amide bonds. The standard InChI is InChI=1S/C9H16N2O2/c1-7(6-12)8(2)9(13)11(3)5-4-10/h6H,4-5,10H2,1-3H3/b8-7-. The summed E-state index contributed by atoms with van der Waals surface area (Å²) < 4.78 is 0. The fraction of sp³-hybridized carbons (Fsp3) is 0.556. The van der Waals surface area contributed by atoms with Crippen LogP contribution in [-0.2, 0) is 9.59 Å². The number of hydrogen-bond acceptors (Lipinski definition) is 3. The fourth-order valence-corrected chi connectivity index (χ4v) is 0.839. The van der Waals surface area contributed by atoms with E-state index in [1.807, 2.05) is 0 Å². The first kappa shape index (κ1) is 11.8. The SMILES string of the molecule is C/C(C=O)=C(\C)C(=O)N(C)CCN. The summed E-state index contributed by atoms with van der Waals surface area (Å²) in [4.78, 5) is 23.4. The summed E-state index contributed by atoms with van der Waals surface area (Å²) in [5.74, 6) is -0.143. The Morgan fingerprint density at radius 2 is 2.00 bits per heavy atom. The molecule has 0 rings (SSSR count). The first-order valence-corrected chi connectivity index (χ1v) is 4.12. The van der Waals surface area contributed by atoms with E-state index in [1.165, 1.54) is 4.90 Å². The summed E-state index contributed by atoms with van der Waals surface area (Å²) in [5.41, 5.74) is 6.24. The minimum Gasteiger partial charge on any atom is -0.341 e. The number of rotatable bonds is 4. The highest BCUT2D eigenvalue weighted by atomic mass is 16.2. The summed E-state index contributed by atoms with van der Waals surface area (Å²) in [6, 6.07) is 0. The van der Waals surface area contributed by atoms with Crippen LogP contribution in [0, 0.1) is 0 Å². The van der Waals surface area contributed by atoms with Gasteiger partial charge in [0.2, 0.25) is 5.91 Å². The lowest BCUT2D eigenvalue weighted by Crippen LogP contribution is -2.32. The number of carbonyl (C=O) groups is 2. The number of carbonyl (C=O) groups excluding carboxylic acids is 2. The molecule has 0 aromatic heterocycles. The van der Waals surface area contributed by atoms with Crippen molar-refractivity contribution in [3.63, 3.8) is 0 Å². The van der Waals surface area contributed by atoms with Gasteiger partial charge in [0, 0.05) is 25.7 Å². The van der Waals surface area contributed by atoms with Crippen LogP contribution < -0.4 is 5.73 Å². The van der Waals surface area contributed by atoms with Crippen LogP contribution in [0.25, 0.3) is 0 Å². The molecule has 4 nitrogen and oxygen atoms in total. The zero-order valence-corrected chi connectivity index (χ0v) is 8.33. The first-order valence-electron chi connectivity index (χ1n) is 4.12. The maximum Gasteiger partial charge on any atom is 0.249 e. The van der Waals surface area contributed by atoms with E-state index in [0.29, 0.717) is 30.5 Å². The van der Waals surface area contributed by atoms with Gasteiger partial charge in [0.05, 0.1) is 0 Å². The zero-order valence-electron chi connectivity index (χ0n) is 8.33. The van der Waals surface area contributed by atoms with Gasteiger partial charge in [-0.1, -0.05) is 0 Å². The molecule has 4 heteroatoms. The van der Waals surface area contributed by atoms with E-state index in [0.717, 1.165) is 0 Å². The quantitative estimate of drug-likeness (QED) is 0.491. The van der Waals surface area contributed by atoms with E-state index < -0.39 is 0 Å². The normalized spacial score (nSPS) is 12.0. The van der Waals surface area contributed by atoms with Crippen molar-refractivity contribution in [1.29, 1.82) is 0 Å². The summed E-state index contributed by atoms with van der Waals surface area (Å²) in [5, 5.41) is 0. The molecule has 0 fully saturated rings. The Hall–Kier alpha value is -1.16. The average Bonchev–Trinajstić information content (AvgIpc) is 2.14. The molecule has 0 aliphatic carbocycles. The minimum atomic E-state index is -0.143. The van der Waals surface area contributed by atoms with Gasteiger partial charge in [-0.15, -0.1) is 0 Å².